The van der Waals surface area contributed by atoms with Crippen LogP contribution in [-0.4, -0.2) is 46.7 Å². The van der Waals surface area contributed by atoms with Gasteiger partial charge in [-0.25, -0.2) is 4.79 Å². The second-order valence-corrected chi connectivity index (χ2v) is 11.0. The van der Waals surface area contributed by atoms with Crippen LogP contribution in [0.25, 0.3) is 0 Å². The van der Waals surface area contributed by atoms with Crippen LogP contribution in [0.15, 0.2) is 75.8 Å². The summed E-state index contributed by atoms with van der Waals surface area (Å²) in [5.41, 5.74) is 1.62. The van der Waals surface area contributed by atoms with E-state index in [-0.39, 0.29) is 62.8 Å². The average Bonchev–Trinajstić information content (AvgIpc) is 3.20. The number of methoxy groups -OCH3 is 1. The van der Waals surface area contributed by atoms with Crippen LogP contribution in [0.3, 0.4) is 0 Å². The van der Waals surface area contributed by atoms with Crippen molar-refractivity contribution in [3.63, 3.8) is 0 Å². The van der Waals surface area contributed by atoms with Crippen molar-refractivity contribution in [1.82, 2.24) is 0 Å². The minimum Gasteiger partial charge on any atom is -0.504 e. The summed E-state index contributed by atoms with van der Waals surface area (Å²) >= 11 is 3.19. The molecule has 2 amide bonds. The third-order valence-electron chi connectivity index (χ3n) is 8.24. The highest BCUT2D eigenvalue weighted by Gasteiger charge is 2.57. The number of para-hydroxylation sites is 1. The summed E-state index contributed by atoms with van der Waals surface area (Å²) in [6, 6.07) is 10.5. The first-order valence-electron chi connectivity index (χ1n) is 12.6. The molecule has 2 aromatic rings. The summed E-state index contributed by atoms with van der Waals surface area (Å²) in [6.45, 7) is 0. The summed E-state index contributed by atoms with van der Waals surface area (Å²) in [7, 11) is 1.41. The molecule has 1 saturated heterocycles. The van der Waals surface area contributed by atoms with Gasteiger partial charge in [-0.3, -0.25) is 24.1 Å². The lowest BCUT2D eigenvalue weighted by Gasteiger charge is -2.42. The molecule has 0 bridgehead atoms. The lowest BCUT2D eigenvalue weighted by molar-refractivity contribution is -0.123. The number of ketones is 2. The number of Topliss-reactive ketones (excluding diaryl/α,β-unsaturated/α-hetero) is 1. The number of benzene rings is 2. The number of carbonyl (C=O) groups excluding carboxylic acids is 4. The molecule has 0 radical (unpaired) electrons. The first-order valence-corrected chi connectivity index (χ1v) is 13.4. The third kappa shape index (κ3) is 3.70. The van der Waals surface area contributed by atoms with Crippen molar-refractivity contribution in [2.24, 2.45) is 17.8 Å². The summed E-state index contributed by atoms with van der Waals surface area (Å²) in [5.74, 6) is -5.86. The maximum atomic E-state index is 13.9. The molecule has 2 N–H and O–H groups in total. The van der Waals surface area contributed by atoms with Gasteiger partial charge in [0.25, 0.3) is 0 Å². The molecular formula is C30H22BrNO8. The van der Waals surface area contributed by atoms with Crippen molar-refractivity contribution in [2.75, 3.05) is 12.0 Å². The van der Waals surface area contributed by atoms with E-state index in [2.05, 4.69) is 15.9 Å². The van der Waals surface area contributed by atoms with E-state index in [0.717, 1.165) is 4.90 Å². The monoisotopic (exact) mass is 603 g/mol. The number of allylic oxidation sites excluding steroid dienone is 6. The molecule has 1 fully saturated rings. The van der Waals surface area contributed by atoms with E-state index in [4.69, 9.17) is 4.74 Å². The number of phenolic OH excluding ortho intramolecular Hbond substituents is 1. The number of nitrogens with zero attached hydrogens (tertiary/aromatic N) is 1. The van der Waals surface area contributed by atoms with Crippen LogP contribution >= 0.6 is 15.9 Å². The smallest absolute Gasteiger partial charge is 0.335 e. The zero-order chi connectivity index (χ0) is 28.5. The van der Waals surface area contributed by atoms with Crippen molar-refractivity contribution in [3.8, 4) is 11.5 Å². The minimum atomic E-state index is -1.19. The van der Waals surface area contributed by atoms with Gasteiger partial charge in [-0.1, -0.05) is 29.8 Å². The minimum absolute atomic E-state index is 0.0595. The number of aromatic carboxylic acids is 1. The molecule has 2 aromatic carbocycles. The van der Waals surface area contributed by atoms with Crippen molar-refractivity contribution >= 4 is 51.0 Å². The number of aromatic hydroxyl groups is 1. The molecule has 0 spiro atoms. The zero-order valence-corrected chi connectivity index (χ0v) is 22.7. The van der Waals surface area contributed by atoms with E-state index in [9.17, 15) is 34.2 Å². The largest absolute Gasteiger partial charge is 0.504 e. The van der Waals surface area contributed by atoms with E-state index < -0.39 is 41.5 Å². The van der Waals surface area contributed by atoms with Gasteiger partial charge >= 0.3 is 5.97 Å². The fraction of sp³-hybridized carbons (Fsp3) is 0.233. The predicted octanol–water partition coefficient (Wildman–Crippen LogP) is 4.07. The highest BCUT2D eigenvalue weighted by Crippen LogP contribution is 2.57. The second-order valence-electron chi connectivity index (χ2n) is 10.2. The Morgan fingerprint density at radius 2 is 1.80 bits per heavy atom. The van der Waals surface area contributed by atoms with Gasteiger partial charge in [0.15, 0.2) is 23.1 Å². The summed E-state index contributed by atoms with van der Waals surface area (Å²) in [5, 5.41) is 20.5. The Bertz CT molecular complexity index is 1650. The van der Waals surface area contributed by atoms with Crippen molar-refractivity contribution in [3.05, 3.63) is 86.9 Å². The number of carbonyl (C=O) groups is 5. The lowest BCUT2D eigenvalue weighted by atomic mass is 9.59. The number of halogens is 1. The third-order valence-corrected chi connectivity index (χ3v) is 8.83. The number of hydrogen-bond donors (Lipinski definition) is 2. The maximum Gasteiger partial charge on any atom is 0.335 e. The summed E-state index contributed by atoms with van der Waals surface area (Å²) < 4.78 is 5.40. The highest BCUT2D eigenvalue weighted by atomic mass is 79.9. The van der Waals surface area contributed by atoms with Crippen LogP contribution < -0.4 is 9.64 Å². The standard InChI is InChI=1S/C30H22BrNO8/c1-40-22-7-3-6-16(27(22)35)23-15-8-9-17-24(18(15)11-19-25(23)21(33)12-20(31)26(19)34)29(37)32(28(17)36)14-5-2-4-13(10-14)30(38)39/h2-8,10,12,17-18,23-24,35H,9,11H2,1H3,(H,38,39)/t17-,18+,23+,24-/m0/s1. The molecule has 0 aromatic heterocycles. The quantitative estimate of drug-likeness (QED) is 0.303. The molecule has 0 saturated carbocycles. The number of carboxylic acids is 1. The van der Waals surface area contributed by atoms with Crippen LogP contribution in [-0.2, 0) is 19.2 Å². The van der Waals surface area contributed by atoms with E-state index in [1.165, 1.54) is 37.5 Å². The number of hydrogen-bond acceptors (Lipinski definition) is 7. The van der Waals surface area contributed by atoms with Crippen LogP contribution in [0.5, 0.6) is 11.5 Å². The zero-order valence-electron chi connectivity index (χ0n) is 21.1. The molecule has 4 aliphatic rings. The van der Waals surface area contributed by atoms with Gasteiger partial charge in [-0.15, -0.1) is 0 Å². The Morgan fingerprint density at radius 1 is 1.05 bits per heavy atom. The second kappa shape index (κ2) is 9.41. The van der Waals surface area contributed by atoms with Gasteiger partial charge in [-0.05, 0) is 59.0 Å². The normalized spacial score (nSPS) is 25.7. The number of fused-ring (bicyclic) bond motifs is 3. The van der Waals surface area contributed by atoms with Gasteiger partial charge in [-0.2, -0.15) is 0 Å². The van der Waals surface area contributed by atoms with Crippen molar-refractivity contribution in [1.29, 1.82) is 0 Å². The van der Waals surface area contributed by atoms with E-state index in [1.807, 2.05) is 6.08 Å². The SMILES string of the molecule is COc1cccc([C@H]2C3=CC[C@@H]4C(=O)N(c5cccc(C(=O)O)c5)C(=O)[C@@H]4[C@@H]3CC3=C2C(=O)C=C(Br)C3=O)c1O. The topological polar surface area (TPSA) is 138 Å². The van der Waals surface area contributed by atoms with Crippen molar-refractivity contribution in [2.45, 2.75) is 18.8 Å². The molecule has 6 rings (SSSR count). The predicted molar refractivity (Wildman–Crippen MR) is 145 cm³/mol. The maximum absolute atomic E-state index is 13.9. The fourth-order valence-electron chi connectivity index (χ4n) is 6.53. The number of rotatable bonds is 4. The Labute approximate surface area is 236 Å². The molecule has 1 aliphatic heterocycles. The van der Waals surface area contributed by atoms with Gasteiger partial charge in [0.05, 0.1) is 34.7 Å². The molecule has 202 valence electrons. The fourth-order valence-corrected chi connectivity index (χ4v) is 6.98. The Morgan fingerprint density at radius 3 is 2.52 bits per heavy atom. The Balaban J connectivity index is 1.49. The Hall–Kier alpha value is -4.31. The molecular weight excluding hydrogens is 582 g/mol. The van der Waals surface area contributed by atoms with Crippen LogP contribution in [0, 0.1) is 17.8 Å². The van der Waals surface area contributed by atoms with Gasteiger partial charge in [0, 0.05) is 28.7 Å². The van der Waals surface area contributed by atoms with Gasteiger partial charge < -0.3 is 14.9 Å². The first kappa shape index (κ1) is 25.9. The molecule has 4 atom stereocenters. The number of carboxylic acid groups (broad SMARTS) is 1. The number of ether oxygens (including phenoxy) is 1. The molecule has 0 unspecified atom stereocenters. The molecule has 3 aliphatic carbocycles. The highest BCUT2D eigenvalue weighted by molar-refractivity contribution is 9.12. The van der Waals surface area contributed by atoms with Crippen LogP contribution in [0.1, 0.15) is 34.7 Å². The number of imide groups is 1. The van der Waals surface area contributed by atoms with E-state index >= 15 is 0 Å². The molecule has 1 heterocycles. The van der Waals surface area contributed by atoms with Crippen molar-refractivity contribution < 1.29 is 38.9 Å². The first-order chi connectivity index (χ1) is 19.1. The summed E-state index contributed by atoms with van der Waals surface area (Å²) in [6.07, 6.45) is 3.34. The molecule has 9 nitrogen and oxygen atoms in total. The lowest BCUT2D eigenvalue weighted by Crippen LogP contribution is -2.39. The van der Waals surface area contributed by atoms with Gasteiger partial charge in [0.2, 0.25) is 11.8 Å². The number of amides is 2. The Kier molecular flexibility index (Phi) is 6.10. The van der Waals surface area contributed by atoms with Crippen LogP contribution in [0.4, 0.5) is 5.69 Å². The van der Waals surface area contributed by atoms with E-state index in [1.54, 1.807) is 18.2 Å². The number of phenols is 1. The summed E-state index contributed by atoms with van der Waals surface area (Å²) in [4.78, 5) is 66.8. The van der Waals surface area contributed by atoms with E-state index in [0.29, 0.717) is 11.1 Å². The molecule has 10 heteroatoms. The van der Waals surface area contributed by atoms with Crippen LogP contribution in [0.2, 0.25) is 0 Å². The molecule has 40 heavy (non-hydrogen) atoms. The number of anilines is 1. The van der Waals surface area contributed by atoms with Gasteiger partial charge in [0.1, 0.15) is 0 Å². The average molecular weight is 604 g/mol.